The van der Waals surface area contributed by atoms with Gasteiger partial charge in [-0.1, -0.05) is 26.0 Å². The molecule has 0 atom stereocenters. The van der Waals surface area contributed by atoms with E-state index < -0.39 is 0 Å². The van der Waals surface area contributed by atoms with Crippen molar-refractivity contribution in [2.75, 3.05) is 21.3 Å². The molecular weight excluding hydrogens is 432 g/mol. The van der Waals surface area contributed by atoms with Gasteiger partial charge in [0.15, 0.2) is 0 Å². The number of hydrogen-bond acceptors (Lipinski definition) is 4. The summed E-state index contributed by atoms with van der Waals surface area (Å²) in [6, 6.07) is 10.7. The molecule has 2 rings (SSSR count). The zero-order valence-corrected chi connectivity index (χ0v) is 20.3. The second-order valence-electron chi connectivity index (χ2n) is 8.06. The van der Waals surface area contributed by atoms with E-state index in [-0.39, 0.29) is 36.5 Å². The van der Waals surface area contributed by atoms with Crippen LogP contribution in [0.15, 0.2) is 36.4 Å². The monoisotopic (exact) mass is 466 g/mol. The predicted octanol–water partition coefficient (Wildman–Crippen LogP) is 5.14. The van der Waals surface area contributed by atoms with Crippen LogP contribution in [0.3, 0.4) is 0 Å². The molecule has 4 N–H and O–H groups in total. The van der Waals surface area contributed by atoms with E-state index in [9.17, 15) is 19.2 Å². The van der Waals surface area contributed by atoms with Gasteiger partial charge in [0.2, 0.25) is 23.6 Å². The Bertz CT molecular complexity index is 966. The first-order valence-corrected chi connectivity index (χ1v) is 11.6. The number of amides is 4. The average Bonchev–Trinajstić information content (AvgIpc) is 2.81. The smallest absolute Gasteiger partial charge is 0.224 e. The summed E-state index contributed by atoms with van der Waals surface area (Å²) < 4.78 is 0. The summed E-state index contributed by atoms with van der Waals surface area (Å²) in [5.74, 6) is -0.453. The van der Waals surface area contributed by atoms with Crippen LogP contribution in [-0.4, -0.2) is 23.6 Å². The fourth-order valence-corrected chi connectivity index (χ4v) is 3.29. The van der Waals surface area contributed by atoms with Crippen molar-refractivity contribution in [1.29, 1.82) is 0 Å². The van der Waals surface area contributed by atoms with Crippen molar-refractivity contribution in [2.45, 2.75) is 66.2 Å². The van der Waals surface area contributed by atoms with Gasteiger partial charge in [0.1, 0.15) is 0 Å². The maximum absolute atomic E-state index is 12.4. The molecule has 2 aromatic rings. The fraction of sp³-hybridized carbons (Fsp3) is 0.385. The largest absolute Gasteiger partial charge is 0.326 e. The Morgan fingerprint density at radius 1 is 0.559 bits per heavy atom. The Hall–Kier alpha value is -3.68. The van der Waals surface area contributed by atoms with Gasteiger partial charge in [-0.2, -0.15) is 0 Å². The quantitative estimate of drug-likeness (QED) is 0.343. The van der Waals surface area contributed by atoms with Gasteiger partial charge in [0.25, 0.3) is 0 Å². The molecule has 0 saturated carbocycles. The zero-order chi connectivity index (χ0) is 25.1. The lowest BCUT2D eigenvalue weighted by Gasteiger charge is -2.14. The Labute approximate surface area is 200 Å². The van der Waals surface area contributed by atoms with Crippen LogP contribution in [-0.2, 0) is 19.2 Å². The molecule has 8 heteroatoms. The lowest BCUT2D eigenvalue weighted by Crippen LogP contribution is -2.16. The molecule has 0 radical (unpaired) electrons. The maximum Gasteiger partial charge on any atom is 0.224 e. The highest BCUT2D eigenvalue weighted by molar-refractivity contribution is 5.97. The summed E-state index contributed by atoms with van der Waals surface area (Å²) in [7, 11) is 0. The molecule has 8 nitrogen and oxygen atoms in total. The summed E-state index contributed by atoms with van der Waals surface area (Å²) in [5.41, 5.74) is 4.25. The summed E-state index contributed by atoms with van der Waals surface area (Å²) in [6.45, 7) is 7.25. The average molecular weight is 467 g/mol. The first-order valence-electron chi connectivity index (χ1n) is 11.6. The molecule has 2 aromatic carbocycles. The summed E-state index contributed by atoms with van der Waals surface area (Å²) in [5, 5.41) is 11.4. The second-order valence-corrected chi connectivity index (χ2v) is 8.06. The van der Waals surface area contributed by atoms with Crippen molar-refractivity contribution in [3.05, 3.63) is 47.5 Å². The number of carbonyl (C=O) groups is 4. The minimum absolute atomic E-state index is 0.0857. The standard InChI is InChI=1S/C26H34N4O4/c1-5-23(31)27-19-11-9-13-21(17(19)3)29-25(33)15-7-8-16-26(34)30-22-14-10-12-20(18(22)4)28-24(32)6-2/h9-14H,5-8,15-16H2,1-4H3,(H,27,31)(H,28,32)(H,29,33)(H,30,34). The van der Waals surface area contributed by atoms with E-state index in [4.69, 9.17) is 0 Å². The number of benzene rings is 2. The van der Waals surface area contributed by atoms with E-state index in [0.717, 1.165) is 11.1 Å². The third-order valence-electron chi connectivity index (χ3n) is 5.46. The molecule has 0 unspecified atom stereocenters. The first kappa shape index (κ1) is 26.6. The van der Waals surface area contributed by atoms with Gasteiger partial charge in [-0.25, -0.2) is 0 Å². The Morgan fingerprint density at radius 2 is 0.853 bits per heavy atom. The third-order valence-corrected chi connectivity index (χ3v) is 5.46. The van der Waals surface area contributed by atoms with Gasteiger partial charge in [-0.05, 0) is 62.1 Å². The Morgan fingerprint density at radius 3 is 1.15 bits per heavy atom. The van der Waals surface area contributed by atoms with Crippen molar-refractivity contribution in [2.24, 2.45) is 0 Å². The molecule has 0 heterocycles. The maximum atomic E-state index is 12.4. The van der Waals surface area contributed by atoms with Crippen LogP contribution in [0.25, 0.3) is 0 Å². The van der Waals surface area contributed by atoms with Crippen LogP contribution in [0.2, 0.25) is 0 Å². The highest BCUT2D eigenvalue weighted by Crippen LogP contribution is 2.25. The van der Waals surface area contributed by atoms with Gasteiger partial charge in [-0.3, -0.25) is 19.2 Å². The van der Waals surface area contributed by atoms with Gasteiger partial charge in [-0.15, -0.1) is 0 Å². The third kappa shape index (κ3) is 8.03. The molecule has 0 saturated heterocycles. The Balaban J connectivity index is 1.80. The number of rotatable bonds is 11. The van der Waals surface area contributed by atoms with E-state index in [1.165, 1.54) is 0 Å². The van der Waals surface area contributed by atoms with Gasteiger partial charge >= 0.3 is 0 Å². The molecule has 0 aliphatic carbocycles. The van der Waals surface area contributed by atoms with Crippen LogP contribution in [0.4, 0.5) is 22.7 Å². The van der Waals surface area contributed by atoms with Gasteiger partial charge < -0.3 is 21.3 Å². The number of nitrogens with one attached hydrogen (secondary N) is 4. The van der Waals surface area contributed by atoms with E-state index >= 15 is 0 Å². The van der Waals surface area contributed by atoms with Crippen LogP contribution >= 0.6 is 0 Å². The highest BCUT2D eigenvalue weighted by atomic mass is 16.2. The number of hydrogen-bond donors (Lipinski definition) is 4. The molecule has 4 amide bonds. The molecule has 0 aliphatic heterocycles. The number of carbonyl (C=O) groups excluding carboxylic acids is 4. The lowest BCUT2D eigenvalue weighted by molar-refractivity contribution is -0.118. The van der Waals surface area contributed by atoms with Crippen molar-refractivity contribution in [1.82, 2.24) is 0 Å². The SMILES string of the molecule is CCC(=O)Nc1cccc(NC(=O)CCCCC(=O)Nc2cccc(NC(=O)CC)c2C)c1C. The summed E-state index contributed by atoms with van der Waals surface area (Å²) in [6.07, 6.45) is 2.46. The summed E-state index contributed by atoms with van der Waals surface area (Å²) >= 11 is 0. The molecule has 0 bridgehead atoms. The topological polar surface area (TPSA) is 116 Å². The van der Waals surface area contributed by atoms with E-state index in [2.05, 4.69) is 21.3 Å². The lowest BCUT2D eigenvalue weighted by atomic mass is 10.1. The molecule has 0 fully saturated rings. The molecule has 182 valence electrons. The van der Waals surface area contributed by atoms with Gasteiger partial charge in [0.05, 0.1) is 0 Å². The minimum atomic E-state index is -0.141. The summed E-state index contributed by atoms with van der Waals surface area (Å²) in [4.78, 5) is 48.0. The molecule has 0 spiro atoms. The number of anilines is 4. The van der Waals surface area contributed by atoms with Crippen molar-refractivity contribution >= 4 is 46.4 Å². The second kappa shape index (κ2) is 13.1. The highest BCUT2D eigenvalue weighted by Gasteiger charge is 2.11. The van der Waals surface area contributed by atoms with Crippen molar-refractivity contribution in [3.63, 3.8) is 0 Å². The van der Waals surface area contributed by atoms with E-state index in [0.29, 0.717) is 48.4 Å². The van der Waals surface area contributed by atoms with E-state index in [1.54, 1.807) is 50.2 Å². The van der Waals surface area contributed by atoms with Crippen molar-refractivity contribution < 1.29 is 19.2 Å². The minimum Gasteiger partial charge on any atom is -0.326 e. The normalized spacial score (nSPS) is 10.4. The molecule has 0 aromatic heterocycles. The van der Waals surface area contributed by atoms with E-state index in [1.807, 2.05) is 13.8 Å². The zero-order valence-electron chi connectivity index (χ0n) is 20.3. The predicted molar refractivity (Wildman–Crippen MR) is 136 cm³/mol. The Kier molecular flexibility index (Phi) is 10.3. The van der Waals surface area contributed by atoms with Crippen LogP contribution < -0.4 is 21.3 Å². The van der Waals surface area contributed by atoms with Crippen LogP contribution in [0.1, 0.15) is 63.5 Å². The van der Waals surface area contributed by atoms with Crippen LogP contribution in [0, 0.1) is 13.8 Å². The van der Waals surface area contributed by atoms with Gasteiger partial charge in [0, 0.05) is 48.4 Å². The number of unbranched alkanes of at least 4 members (excludes halogenated alkanes) is 1. The first-order chi connectivity index (χ1) is 16.2. The van der Waals surface area contributed by atoms with Crippen molar-refractivity contribution in [3.8, 4) is 0 Å². The van der Waals surface area contributed by atoms with Crippen LogP contribution in [0.5, 0.6) is 0 Å². The molecular formula is C26H34N4O4. The fourth-order valence-electron chi connectivity index (χ4n) is 3.29. The molecule has 0 aliphatic rings. The molecule has 34 heavy (non-hydrogen) atoms.